The molecule has 1 aromatic heterocycles. The Morgan fingerprint density at radius 1 is 0.947 bits per heavy atom. The highest BCUT2D eigenvalue weighted by molar-refractivity contribution is 6.30. The Labute approximate surface area is 117 Å². The third-order valence-corrected chi connectivity index (χ3v) is 3.33. The van der Waals surface area contributed by atoms with E-state index in [1.54, 1.807) is 0 Å². The van der Waals surface area contributed by atoms with Crippen molar-refractivity contribution in [3.63, 3.8) is 0 Å². The molecule has 19 heavy (non-hydrogen) atoms. The van der Waals surface area contributed by atoms with Crippen molar-refractivity contribution in [1.82, 2.24) is 4.98 Å². The molecule has 0 atom stereocenters. The maximum atomic E-state index is 5.87. The van der Waals surface area contributed by atoms with E-state index in [2.05, 4.69) is 22.4 Å². The molecule has 0 saturated heterocycles. The van der Waals surface area contributed by atoms with Crippen molar-refractivity contribution in [3.8, 4) is 0 Å². The van der Waals surface area contributed by atoms with Gasteiger partial charge in [0.1, 0.15) is 0 Å². The second-order valence-electron chi connectivity index (χ2n) is 4.38. The monoisotopic (exact) mass is 268 g/mol. The second-order valence-corrected chi connectivity index (χ2v) is 4.82. The third-order valence-electron chi connectivity index (χ3n) is 3.08. The van der Waals surface area contributed by atoms with E-state index in [0.29, 0.717) is 0 Å². The van der Waals surface area contributed by atoms with Crippen LogP contribution in [-0.4, -0.2) is 4.98 Å². The summed E-state index contributed by atoms with van der Waals surface area (Å²) in [7, 11) is 0. The molecule has 0 saturated carbocycles. The van der Waals surface area contributed by atoms with E-state index < -0.39 is 0 Å². The van der Waals surface area contributed by atoms with Crippen LogP contribution in [0.1, 0.15) is 5.56 Å². The summed E-state index contributed by atoms with van der Waals surface area (Å²) in [4.78, 5) is 4.28. The summed E-state index contributed by atoms with van der Waals surface area (Å²) in [5.41, 5.74) is 2.24. The Kier molecular flexibility index (Phi) is 3.34. The van der Waals surface area contributed by atoms with Crippen LogP contribution in [0.3, 0.4) is 0 Å². The first-order chi connectivity index (χ1) is 9.33. The van der Waals surface area contributed by atoms with Gasteiger partial charge >= 0.3 is 0 Å². The van der Waals surface area contributed by atoms with Crippen LogP contribution in [-0.2, 0) is 6.54 Å². The first kappa shape index (κ1) is 12.0. The van der Waals surface area contributed by atoms with Crippen LogP contribution in [0.25, 0.3) is 10.8 Å². The Hall–Kier alpha value is -2.06. The highest BCUT2D eigenvalue weighted by Crippen LogP contribution is 2.19. The smallest absolute Gasteiger partial charge is 0.0422 e. The molecule has 0 aliphatic carbocycles. The molecule has 0 aliphatic heterocycles. The summed E-state index contributed by atoms with van der Waals surface area (Å²) in [5.74, 6) is 0. The molecule has 3 heteroatoms. The van der Waals surface area contributed by atoms with Crippen LogP contribution in [0.15, 0.2) is 60.9 Å². The van der Waals surface area contributed by atoms with Crippen LogP contribution in [0.5, 0.6) is 0 Å². The molecule has 3 rings (SSSR count). The molecule has 0 bridgehead atoms. The minimum absolute atomic E-state index is 0.746. The van der Waals surface area contributed by atoms with Crippen molar-refractivity contribution in [2.45, 2.75) is 6.54 Å². The average Bonchev–Trinajstić information content (AvgIpc) is 2.47. The molecule has 2 aromatic carbocycles. The van der Waals surface area contributed by atoms with Crippen molar-refractivity contribution >= 4 is 28.1 Å². The minimum atomic E-state index is 0.746. The maximum Gasteiger partial charge on any atom is 0.0422 e. The molecule has 94 valence electrons. The van der Waals surface area contributed by atoms with E-state index in [1.807, 2.05) is 48.8 Å². The highest BCUT2D eigenvalue weighted by atomic mass is 35.5. The molecular weight excluding hydrogens is 256 g/mol. The van der Waals surface area contributed by atoms with Crippen molar-refractivity contribution in [3.05, 3.63) is 71.5 Å². The minimum Gasteiger partial charge on any atom is -0.381 e. The molecule has 0 spiro atoms. The zero-order valence-electron chi connectivity index (χ0n) is 10.3. The summed E-state index contributed by atoms with van der Waals surface area (Å²) in [6.45, 7) is 0.746. The van der Waals surface area contributed by atoms with Gasteiger partial charge in [-0.1, -0.05) is 35.9 Å². The van der Waals surface area contributed by atoms with Gasteiger partial charge in [0.05, 0.1) is 0 Å². The lowest BCUT2D eigenvalue weighted by atomic mass is 10.1. The summed E-state index contributed by atoms with van der Waals surface area (Å²) >= 11 is 5.87. The SMILES string of the molecule is Clc1ccc(NCc2cncc3ccccc23)cc1. The number of nitrogens with one attached hydrogen (secondary N) is 1. The summed E-state index contributed by atoms with van der Waals surface area (Å²) in [6, 6.07) is 16.0. The summed E-state index contributed by atoms with van der Waals surface area (Å²) < 4.78 is 0. The summed E-state index contributed by atoms with van der Waals surface area (Å²) in [5, 5.41) is 6.53. The Balaban J connectivity index is 1.84. The van der Waals surface area contributed by atoms with Crippen LogP contribution in [0.2, 0.25) is 5.02 Å². The van der Waals surface area contributed by atoms with Crippen molar-refractivity contribution in [2.24, 2.45) is 0 Å². The van der Waals surface area contributed by atoms with Gasteiger partial charge in [0.25, 0.3) is 0 Å². The zero-order valence-corrected chi connectivity index (χ0v) is 11.1. The molecule has 0 amide bonds. The Bertz CT molecular complexity index is 687. The van der Waals surface area contributed by atoms with Gasteiger partial charge in [0, 0.05) is 35.0 Å². The first-order valence-corrected chi connectivity index (χ1v) is 6.52. The number of nitrogens with zero attached hydrogens (tertiary/aromatic N) is 1. The highest BCUT2D eigenvalue weighted by Gasteiger charge is 2.01. The van der Waals surface area contributed by atoms with Gasteiger partial charge in [-0.05, 0) is 35.2 Å². The number of halogens is 1. The number of benzene rings is 2. The molecule has 3 aromatic rings. The van der Waals surface area contributed by atoms with E-state index in [9.17, 15) is 0 Å². The lowest BCUT2D eigenvalue weighted by molar-refractivity contribution is 1.14. The van der Waals surface area contributed by atoms with Crippen LogP contribution < -0.4 is 5.32 Å². The summed E-state index contributed by atoms with van der Waals surface area (Å²) in [6.07, 6.45) is 3.80. The number of aromatic nitrogens is 1. The standard InChI is InChI=1S/C16H13ClN2/c17-14-5-7-15(8-6-14)19-11-13-10-18-9-12-3-1-2-4-16(12)13/h1-10,19H,11H2. The fourth-order valence-corrected chi connectivity index (χ4v) is 2.21. The van der Waals surface area contributed by atoms with Crippen molar-refractivity contribution < 1.29 is 0 Å². The zero-order chi connectivity index (χ0) is 13.1. The number of hydrogen-bond acceptors (Lipinski definition) is 2. The van der Waals surface area contributed by atoms with Gasteiger partial charge in [-0.15, -0.1) is 0 Å². The predicted molar refractivity (Wildman–Crippen MR) is 80.5 cm³/mol. The van der Waals surface area contributed by atoms with Crippen molar-refractivity contribution in [1.29, 1.82) is 0 Å². The molecule has 1 N–H and O–H groups in total. The molecule has 1 heterocycles. The van der Waals surface area contributed by atoms with E-state index in [4.69, 9.17) is 11.6 Å². The van der Waals surface area contributed by atoms with E-state index >= 15 is 0 Å². The predicted octanol–water partition coefficient (Wildman–Crippen LogP) is 4.50. The van der Waals surface area contributed by atoms with Gasteiger partial charge in [-0.3, -0.25) is 4.98 Å². The molecule has 0 radical (unpaired) electrons. The van der Waals surface area contributed by atoms with E-state index in [0.717, 1.165) is 22.6 Å². The molecular formula is C16H13ClN2. The average molecular weight is 269 g/mol. The lowest BCUT2D eigenvalue weighted by Gasteiger charge is -2.09. The number of rotatable bonds is 3. The number of anilines is 1. The largest absolute Gasteiger partial charge is 0.381 e. The topological polar surface area (TPSA) is 24.9 Å². The van der Waals surface area contributed by atoms with Gasteiger partial charge in [-0.25, -0.2) is 0 Å². The fraction of sp³-hybridized carbons (Fsp3) is 0.0625. The fourth-order valence-electron chi connectivity index (χ4n) is 2.08. The van der Waals surface area contributed by atoms with Crippen LogP contribution >= 0.6 is 11.6 Å². The maximum absolute atomic E-state index is 5.87. The van der Waals surface area contributed by atoms with Crippen molar-refractivity contribution in [2.75, 3.05) is 5.32 Å². The number of pyridine rings is 1. The lowest BCUT2D eigenvalue weighted by Crippen LogP contribution is -2.00. The van der Waals surface area contributed by atoms with Crippen LogP contribution in [0, 0.1) is 0 Å². The number of hydrogen-bond donors (Lipinski definition) is 1. The first-order valence-electron chi connectivity index (χ1n) is 6.14. The quantitative estimate of drug-likeness (QED) is 0.756. The van der Waals surface area contributed by atoms with Gasteiger partial charge in [0.2, 0.25) is 0 Å². The van der Waals surface area contributed by atoms with Crippen LogP contribution in [0.4, 0.5) is 5.69 Å². The molecule has 2 nitrogen and oxygen atoms in total. The van der Waals surface area contributed by atoms with Gasteiger partial charge in [-0.2, -0.15) is 0 Å². The molecule has 0 unspecified atom stereocenters. The van der Waals surface area contributed by atoms with Gasteiger partial charge < -0.3 is 5.32 Å². The number of fused-ring (bicyclic) bond motifs is 1. The molecule has 0 fully saturated rings. The normalized spacial score (nSPS) is 10.6. The Morgan fingerprint density at radius 3 is 2.58 bits per heavy atom. The second kappa shape index (κ2) is 5.29. The van der Waals surface area contributed by atoms with E-state index in [1.165, 1.54) is 10.9 Å². The van der Waals surface area contributed by atoms with Gasteiger partial charge in [0.15, 0.2) is 0 Å². The molecule has 0 aliphatic rings. The third kappa shape index (κ3) is 2.69. The Morgan fingerprint density at radius 2 is 1.74 bits per heavy atom. The van der Waals surface area contributed by atoms with E-state index in [-0.39, 0.29) is 0 Å².